The lowest BCUT2D eigenvalue weighted by atomic mass is 10.0. The van der Waals surface area contributed by atoms with Gasteiger partial charge in [0, 0.05) is 24.5 Å². The largest absolute Gasteiger partial charge is 0.355 e. The Bertz CT molecular complexity index is 1690. The first-order valence-corrected chi connectivity index (χ1v) is 16.3. The van der Waals surface area contributed by atoms with Crippen LogP contribution in [0.2, 0.25) is 5.02 Å². The highest BCUT2D eigenvalue weighted by Gasteiger charge is 2.35. The highest BCUT2D eigenvalue weighted by molar-refractivity contribution is 7.92. The second-order valence-corrected chi connectivity index (χ2v) is 13.2. The van der Waals surface area contributed by atoms with Crippen molar-refractivity contribution in [1.82, 2.24) is 10.2 Å². The summed E-state index contributed by atoms with van der Waals surface area (Å²) < 4.78 is 29.5. The van der Waals surface area contributed by atoms with Crippen LogP contribution in [0.4, 0.5) is 5.69 Å². The molecular formula is C35H38ClN3O4S. The minimum Gasteiger partial charge on any atom is -0.355 e. The van der Waals surface area contributed by atoms with Gasteiger partial charge in [0.1, 0.15) is 12.6 Å². The van der Waals surface area contributed by atoms with Gasteiger partial charge in [-0.15, -0.1) is 0 Å². The number of hydrogen-bond donors (Lipinski definition) is 1. The van der Waals surface area contributed by atoms with Crippen molar-refractivity contribution in [1.29, 1.82) is 0 Å². The van der Waals surface area contributed by atoms with E-state index in [1.807, 2.05) is 75.4 Å². The number of rotatable bonds is 12. The molecular weight excluding hydrogens is 594 g/mol. The van der Waals surface area contributed by atoms with Crippen LogP contribution in [0.5, 0.6) is 0 Å². The molecule has 0 saturated heterocycles. The lowest BCUT2D eigenvalue weighted by Gasteiger charge is -2.34. The Hall–Kier alpha value is -4.14. The van der Waals surface area contributed by atoms with Gasteiger partial charge in [-0.3, -0.25) is 13.9 Å². The van der Waals surface area contributed by atoms with Gasteiger partial charge in [0.2, 0.25) is 11.8 Å². The zero-order valence-electron chi connectivity index (χ0n) is 25.5. The Morgan fingerprint density at radius 2 is 1.43 bits per heavy atom. The highest BCUT2D eigenvalue weighted by atomic mass is 35.5. The minimum absolute atomic E-state index is 0.0462. The second-order valence-electron chi connectivity index (χ2n) is 10.9. The Balaban J connectivity index is 1.82. The third-order valence-electron chi connectivity index (χ3n) is 7.42. The normalized spacial score (nSPS) is 11.9. The summed E-state index contributed by atoms with van der Waals surface area (Å²) in [6.45, 7) is 7.39. The molecule has 0 aliphatic heterocycles. The van der Waals surface area contributed by atoms with Crippen molar-refractivity contribution in [3.05, 3.63) is 130 Å². The molecule has 0 aliphatic rings. The zero-order valence-corrected chi connectivity index (χ0v) is 27.0. The van der Waals surface area contributed by atoms with Crippen LogP contribution in [0.15, 0.2) is 102 Å². The number of hydrogen-bond acceptors (Lipinski definition) is 4. The number of halogens is 1. The van der Waals surface area contributed by atoms with Crippen LogP contribution >= 0.6 is 11.6 Å². The van der Waals surface area contributed by atoms with Crippen molar-refractivity contribution in [2.24, 2.45) is 0 Å². The molecule has 44 heavy (non-hydrogen) atoms. The SMILES string of the molecule is CCNC(=O)[C@H](Cc1ccccc1)N(Cc1ccc(C)cc1)C(=O)CN(c1cc(Cl)ccc1C)S(=O)(=O)c1ccc(C)cc1. The molecule has 0 heterocycles. The molecule has 0 spiro atoms. The van der Waals surface area contributed by atoms with Crippen molar-refractivity contribution < 1.29 is 18.0 Å². The summed E-state index contributed by atoms with van der Waals surface area (Å²) in [7, 11) is -4.21. The summed E-state index contributed by atoms with van der Waals surface area (Å²) in [6, 6.07) is 27.7. The summed E-state index contributed by atoms with van der Waals surface area (Å²) >= 11 is 6.34. The van der Waals surface area contributed by atoms with E-state index < -0.39 is 28.5 Å². The third-order valence-corrected chi connectivity index (χ3v) is 9.43. The quantitative estimate of drug-likeness (QED) is 0.201. The highest BCUT2D eigenvalue weighted by Crippen LogP contribution is 2.30. The molecule has 0 unspecified atom stereocenters. The molecule has 0 aliphatic carbocycles. The number of sulfonamides is 1. The van der Waals surface area contributed by atoms with Crippen molar-refractivity contribution in [3.8, 4) is 0 Å². The molecule has 2 amide bonds. The predicted octanol–water partition coefficient (Wildman–Crippen LogP) is 6.24. The second kappa shape index (κ2) is 14.6. The Morgan fingerprint density at radius 3 is 2.05 bits per heavy atom. The van der Waals surface area contributed by atoms with E-state index in [0.717, 1.165) is 26.6 Å². The van der Waals surface area contributed by atoms with Crippen molar-refractivity contribution in [3.63, 3.8) is 0 Å². The van der Waals surface area contributed by atoms with E-state index in [2.05, 4.69) is 5.32 Å². The first-order valence-electron chi connectivity index (χ1n) is 14.5. The van der Waals surface area contributed by atoms with E-state index in [9.17, 15) is 18.0 Å². The van der Waals surface area contributed by atoms with Gasteiger partial charge < -0.3 is 10.2 Å². The summed E-state index contributed by atoms with van der Waals surface area (Å²) in [6.07, 6.45) is 0.255. The molecule has 1 N–H and O–H groups in total. The van der Waals surface area contributed by atoms with Crippen LogP contribution in [0, 0.1) is 20.8 Å². The first-order chi connectivity index (χ1) is 21.0. The predicted molar refractivity (Wildman–Crippen MR) is 176 cm³/mol. The van der Waals surface area contributed by atoms with Crippen molar-refractivity contribution >= 4 is 39.1 Å². The lowest BCUT2D eigenvalue weighted by Crippen LogP contribution is -2.53. The van der Waals surface area contributed by atoms with Gasteiger partial charge in [-0.2, -0.15) is 0 Å². The maximum absolute atomic E-state index is 14.5. The van der Waals surface area contributed by atoms with Gasteiger partial charge >= 0.3 is 0 Å². The maximum atomic E-state index is 14.5. The van der Waals surface area contributed by atoms with Gasteiger partial charge in [-0.05, 0) is 68.7 Å². The van der Waals surface area contributed by atoms with E-state index in [1.165, 1.54) is 17.0 Å². The molecule has 7 nitrogen and oxygen atoms in total. The van der Waals surface area contributed by atoms with Crippen LogP contribution in [0.3, 0.4) is 0 Å². The number of benzene rings is 4. The number of carbonyl (C=O) groups is 2. The molecule has 0 radical (unpaired) electrons. The number of nitrogens with one attached hydrogen (secondary N) is 1. The maximum Gasteiger partial charge on any atom is 0.264 e. The number of likely N-dealkylation sites (N-methyl/N-ethyl adjacent to an activating group) is 1. The summed E-state index contributed by atoms with van der Waals surface area (Å²) in [5.74, 6) is -0.837. The number of anilines is 1. The average Bonchev–Trinajstić information content (AvgIpc) is 3.00. The van der Waals surface area contributed by atoms with Crippen LogP contribution in [0.25, 0.3) is 0 Å². The van der Waals surface area contributed by atoms with Gasteiger partial charge in [0.25, 0.3) is 10.0 Å². The van der Waals surface area contributed by atoms with E-state index in [-0.39, 0.29) is 23.8 Å². The van der Waals surface area contributed by atoms with Crippen LogP contribution < -0.4 is 9.62 Å². The molecule has 1 atom stereocenters. The smallest absolute Gasteiger partial charge is 0.264 e. The Labute approximate surface area is 265 Å². The van der Waals surface area contributed by atoms with E-state index in [4.69, 9.17) is 11.6 Å². The Kier molecular flexibility index (Phi) is 10.8. The fourth-order valence-corrected chi connectivity index (χ4v) is 6.58. The summed E-state index contributed by atoms with van der Waals surface area (Å²) in [4.78, 5) is 29.6. The lowest BCUT2D eigenvalue weighted by molar-refractivity contribution is -0.140. The summed E-state index contributed by atoms with van der Waals surface area (Å²) in [5, 5.41) is 3.21. The number of carbonyl (C=O) groups excluding carboxylic acids is 2. The van der Waals surface area contributed by atoms with Crippen molar-refractivity contribution in [2.75, 3.05) is 17.4 Å². The molecule has 0 fully saturated rings. The molecule has 0 bridgehead atoms. The standard InChI is InChI=1S/C35H38ClN3O4S/c1-5-37-35(41)33(21-28-9-7-6-8-10-28)38(23-29-16-11-25(2)12-17-29)34(40)24-39(32-22-30(36)18-15-27(32)4)44(42,43)31-19-13-26(3)14-20-31/h6-20,22,33H,5,21,23-24H2,1-4H3,(H,37,41)/t33-/m0/s1. The number of aryl methyl sites for hydroxylation is 3. The number of amides is 2. The van der Waals surface area contributed by atoms with Crippen LogP contribution in [-0.4, -0.2) is 44.3 Å². The van der Waals surface area contributed by atoms with E-state index in [0.29, 0.717) is 22.8 Å². The molecule has 0 saturated carbocycles. The third kappa shape index (κ3) is 8.07. The summed E-state index contributed by atoms with van der Waals surface area (Å²) in [5.41, 5.74) is 4.58. The molecule has 0 aromatic heterocycles. The topological polar surface area (TPSA) is 86.8 Å². The van der Waals surface area contributed by atoms with Gasteiger partial charge in [-0.25, -0.2) is 8.42 Å². The first kappa shape index (κ1) is 32.8. The van der Waals surface area contributed by atoms with E-state index >= 15 is 0 Å². The molecule has 4 rings (SSSR count). The minimum atomic E-state index is -4.21. The van der Waals surface area contributed by atoms with Gasteiger partial charge in [-0.1, -0.05) is 95.5 Å². The van der Waals surface area contributed by atoms with Gasteiger partial charge in [0.05, 0.1) is 10.6 Å². The fourth-order valence-electron chi connectivity index (χ4n) is 4.94. The Morgan fingerprint density at radius 1 is 0.818 bits per heavy atom. The zero-order chi connectivity index (χ0) is 31.9. The van der Waals surface area contributed by atoms with Gasteiger partial charge in [0.15, 0.2) is 0 Å². The van der Waals surface area contributed by atoms with Crippen LogP contribution in [0.1, 0.15) is 34.7 Å². The van der Waals surface area contributed by atoms with Crippen LogP contribution in [-0.2, 0) is 32.6 Å². The molecule has 230 valence electrons. The van der Waals surface area contributed by atoms with E-state index in [1.54, 1.807) is 37.3 Å². The molecule has 4 aromatic rings. The molecule has 9 heteroatoms. The average molecular weight is 632 g/mol. The fraction of sp³-hybridized carbons (Fsp3) is 0.257. The van der Waals surface area contributed by atoms with Crippen molar-refractivity contribution in [2.45, 2.75) is 51.6 Å². The monoisotopic (exact) mass is 631 g/mol. The number of nitrogens with zero attached hydrogens (tertiary/aromatic N) is 2. The molecule has 4 aromatic carbocycles.